The van der Waals surface area contributed by atoms with E-state index in [2.05, 4.69) is 62.3 Å². The van der Waals surface area contributed by atoms with Crippen LogP contribution in [0.25, 0.3) is 11.0 Å². The summed E-state index contributed by atoms with van der Waals surface area (Å²) in [5.41, 5.74) is 5.54. The van der Waals surface area contributed by atoms with Crippen molar-refractivity contribution >= 4 is 16.9 Å². The van der Waals surface area contributed by atoms with Gasteiger partial charge >= 0.3 is 0 Å². The summed E-state index contributed by atoms with van der Waals surface area (Å²) in [6.07, 6.45) is 4.46. The van der Waals surface area contributed by atoms with Crippen molar-refractivity contribution in [1.29, 1.82) is 0 Å². The van der Waals surface area contributed by atoms with Gasteiger partial charge in [-0.1, -0.05) is 49.8 Å². The van der Waals surface area contributed by atoms with Gasteiger partial charge in [-0.25, -0.2) is 4.98 Å². The van der Waals surface area contributed by atoms with Gasteiger partial charge in [0.05, 0.1) is 11.0 Å². The molecule has 0 spiro atoms. The number of rotatable bonds is 6. The van der Waals surface area contributed by atoms with Gasteiger partial charge in [0, 0.05) is 18.5 Å². The average Bonchev–Trinajstić information content (AvgIpc) is 3.15. The van der Waals surface area contributed by atoms with Gasteiger partial charge in [-0.3, -0.25) is 4.79 Å². The van der Waals surface area contributed by atoms with Crippen molar-refractivity contribution in [2.24, 2.45) is 23.7 Å². The van der Waals surface area contributed by atoms with E-state index in [1.54, 1.807) is 0 Å². The zero-order valence-corrected chi connectivity index (χ0v) is 19.0. The van der Waals surface area contributed by atoms with Crippen LogP contribution in [0.5, 0.6) is 0 Å². The number of carbonyl (C=O) groups is 1. The van der Waals surface area contributed by atoms with Crippen molar-refractivity contribution in [3.63, 3.8) is 0 Å². The highest BCUT2D eigenvalue weighted by Crippen LogP contribution is 2.38. The van der Waals surface area contributed by atoms with Crippen molar-refractivity contribution in [2.45, 2.75) is 40.5 Å². The van der Waals surface area contributed by atoms with Crippen LogP contribution in [0.1, 0.15) is 48.9 Å². The first-order chi connectivity index (χ1) is 14.9. The van der Waals surface area contributed by atoms with E-state index < -0.39 is 0 Å². The van der Waals surface area contributed by atoms with Gasteiger partial charge in [0.1, 0.15) is 5.82 Å². The first kappa shape index (κ1) is 21.4. The van der Waals surface area contributed by atoms with E-state index >= 15 is 0 Å². The third-order valence-corrected chi connectivity index (χ3v) is 6.74. The number of carbonyl (C=O) groups excluding carboxylic acids is 1. The monoisotopic (exact) mass is 415 g/mol. The van der Waals surface area contributed by atoms with Crippen LogP contribution in [-0.4, -0.2) is 22.4 Å². The zero-order valence-electron chi connectivity index (χ0n) is 19.0. The summed E-state index contributed by atoms with van der Waals surface area (Å²) in [5.74, 6) is 3.02. The molecule has 0 saturated carbocycles. The Morgan fingerprint density at radius 3 is 2.68 bits per heavy atom. The summed E-state index contributed by atoms with van der Waals surface area (Å²) < 4.78 is 0. The van der Waals surface area contributed by atoms with Gasteiger partial charge in [-0.2, -0.15) is 0 Å². The SMILES string of the molecule is CC1=CC(CNC(=O)c2ccccc2)C(C(C)C)CC1Cc1nc2ccc(C)cc2[nH]1. The van der Waals surface area contributed by atoms with Crippen LogP contribution in [0.3, 0.4) is 0 Å². The summed E-state index contributed by atoms with van der Waals surface area (Å²) >= 11 is 0. The molecule has 4 rings (SSSR count). The number of aromatic nitrogens is 2. The molecule has 2 aromatic carbocycles. The minimum Gasteiger partial charge on any atom is -0.351 e. The number of aryl methyl sites for hydroxylation is 1. The third kappa shape index (κ3) is 4.90. The molecule has 1 aromatic heterocycles. The molecule has 2 N–H and O–H groups in total. The number of hydrogen-bond acceptors (Lipinski definition) is 2. The number of H-pyrrole nitrogens is 1. The normalized spacial score (nSPS) is 21.3. The molecule has 0 aliphatic heterocycles. The Morgan fingerprint density at radius 2 is 1.94 bits per heavy atom. The molecule has 3 aromatic rings. The molecule has 0 bridgehead atoms. The Bertz CT molecular complexity index is 1080. The number of amides is 1. The van der Waals surface area contributed by atoms with Crippen molar-refractivity contribution < 1.29 is 4.79 Å². The Morgan fingerprint density at radius 1 is 1.16 bits per heavy atom. The maximum absolute atomic E-state index is 12.5. The molecular weight excluding hydrogens is 382 g/mol. The highest BCUT2D eigenvalue weighted by molar-refractivity contribution is 5.94. The number of fused-ring (bicyclic) bond motifs is 1. The van der Waals surface area contributed by atoms with E-state index in [0.717, 1.165) is 35.3 Å². The second-order valence-corrected chi connectivity index (χ2v) is 9.40. The lowest BCUT2D eigenvalue weighted by atomic mass is 9.69. The number of nitrogens with zero attached hydrogens (tertiary/aromatic N) is 1. The highest BCUT2D eigenvalue weighted by atomic mass is 16.1. The van der Waals surface area contributed by atoms with Crippen LogP contribution >= 0.6 is 0 Å². The van der Waals surface area contributed by atoms with E-state index in [1.807, 2.05) is 30.3 Å². The van der Waals surface area contributed by atoms with Crippen molar-refractivity contribution in [3.05, 3.63) is 77.1 Å². The molecule has 1 aliphatic rings. The van der Waals surface area contributed by atoms with E-state index in [0.29, 0.717) is 30.2 Å². The summed E-state index contributed by atoms with van der Waals surface area (Å²) in [6.45, 7) is 9.63. The van der Waals surface area contributed by atoms with Gasteiger partial charge in [0.25, 0.3) is 5.91 Å². The summed E-state index contributed by atoms with van der Waals surface area (Å²) in [5, 5.41) is 3.16. The lowest BCUT2D eigenvalue weighted by Crippen LogP contribution is -2.37. The molecule has 3 unspecified atom stereocenters. The topological polar surface area (TPSA) is 57.8 Å². The molecule has 31 heavy (non-hydrogen) atoms. The van der Waals surface area contributed by atoms with Crippen molar-refractivity contribution in [2.75, 3.05) is 6.54 Å². The van der Waals surface area contributed by atoms with Gasteiger partial charge in [-0.05, 0) is 73.8 Å². The van der Waals surface area contributed by atoms with Gasteiger partial charge in [-0.15, -0.1) is 0 Å². The summed E-state index contributed by atoms with van der Waals surface area (Å²) in [7, 11) is 0. The zero-order chi connectivity index (χ0) is 22.0. The quantitative estimate of drug-likeness (QED) is 0.508. The van der Waals surface area contributed by atoms with Crippen molar-refractivity contribution in [3.8, 4) is 0 Å². The number of hydrogen-bond donors (Lipinski definition) is 2. The fourth-order valence-corrected chi connectivity index (χ4v) is 4.92. The smallest absolute Gasteiger partial charge is 0.251 e. The van der Waals surface area contributed by atoms with Crippen molar-refractivity contribution in [1.82, 2.24) is 15.3 Å². The predicted molar refractivity (Wildman–Crippen MR) is 127 cm³/mol. The molecule has 4 nitrogen and oxygen atoms in total. The Hall–Kier alpha value is -2.88. The highest BCUT2D eigenvalue weighted by Gasteiger charge is 2.32. The Labute approximate surface area is 185 Å². The molecule has 162 valence electrons. The van der Waals surface area contributed by atoms with Gasteiger partial charge in [0.15, 0.2) is 0 Å². The lowest BCUT2D eigenvalue weighted by molar-refractivity contribution is 0.0939. The number of aromatic amines is 1. The summed E-state index contributed by atoms with van der Waals surface area (Å²) in [6, 6.07) is 15.8. The Kier molecular flexibility index (Phi) is 6.26. The fourth-order valence-electron chi connectivity index (χ4n) is 4.92. The average molecular weight is 416 g/mol. The van der Waals surface area contributed by atoms with Crippen LogP contribution in [-0.2, 0) is 6.42 Å². The first-order valence-corrected chi connectivity index (χ1v) is 11.4. The minimum atomic E-state index is 0.00820. The number of benzene rings is 2. The molecule has 0 fully saturated rings. The fraction of sp³-hybridized carbons (Fsp3) is 0.407. The van der Waals surface area contributed by atoms with E-state index in [1.165, 1.54) is 11.1 Å². The molecule has 0 radical (unpaired) electrons. The van der Waals surface area contributed by atoms with E-state index in [4.69, 9.17) is 4.98 Å². The maximum atomic E-state index is 12.5. The minimum absolute atomic E-state index is 0.00820. The molecule has 1 aliphatic carbocycles. The standard InChI is InChI=1S/C27H33N3O/c1-17(2)23-14-21(15-26-29-24-11-10-18(3)12-25(24)30-26)19(4)13-22(23)16-28-27(31)20-8-6-5-7-9-20/h5-13,17,21-23H,14-16H2,1-4H3,(H,28,31)(H,29,30). The molecule has 1 amide bonds. The Balaban J connectivity index is 1.47. The number of allylic oxidation sites excluding steroid dienone is 1. The number of imidazole rings is 1. The predicted octanol–water partition coefficient (Wildman–Crippen LogP) is 5.70. The van der Waals surface area contributed by atoms with E-state index in [9.17, 15) is 4.79 Å². The van der Waals surface area contributed by atoms with E-state index in [-0.39, 0.29) is 5.91 Å². The second-order valence-electron chi connectivity index (χ2n) is 9.40. The molecule has 3 atom stereocenters. The molecule has 0 saturated heterocycles. The van der Waals surface area contributed by atoms with Gasteiger partial charge < -0.3 is 10.3 Å². The maximum Gasteiger partial charge on any atom is 0.251 e. The van der Waals surface area contributed by atoms with Crippen LogP contribution in [0.4, 0.5) is 0 Å². The molecule has 1 heterocycles. The molecule has 4 heteroatoms. The number of nitrogens with one attached hydrogen (secondary N) is 2. The van der Waals surface area contributed by atoms with Crippen LogP contribution < -0.4 is 5.32 Å². The third-order valence-electron chi connectivity index (χ3n) is 6.74. The summed E-state index contributed by atoms with van der Waals surface area (Å²) in [4.78, 5) is 20.9. The van der Waals surface area contributed by atoms with Crippen LogP contribution in [0, 0.1) is 30.6 Å². The first-order valence-electron chi connectivity index (χ1n) is 11.4. The van der Waals surface area contributed by atoms with Gasteiger partial charge in [0.2, 0.25) is 0 Å². The largest absolute Gasteiger partial charge is 0.351 e. The van der Waals surface area contributed by atoms with Crippen LogP contribution in [0.2, 0.25) is 0 Å². The molecular formula is C27H33N3O. The van der Waals surface area contributed by atoms with Crippen LogP contribution in [0.15, 0.2) is 60.2 Å². The lowest BCUT2D eigenvalue weighted by Gasteiger charge is -2.37. The second kappa shape index (κ2) is 9.09.